The third-order valence-corrected chi connectivity index (χ3v) is 3.37. The van der Waals surface area contributed by atoms with Crippen molar-refractivity contribution in [2.45, 2.75) is 26.3 Å². The summed E-state index contributed by atoms with van der Waals surface area (Å²) < 4.78 is 26.7. The van der Waals surface area contributed by atoms with Crippen molar-refractivity contribution >= 4 is 0 Å². The molecule has 0 aromatic heterocycles. The van der Waals surface area contributed by atoms with Crippen molar-refractivity contribution in [1.29, 1.82) is 0 Å². The SMILES string of the molecule is CCNC(Cc1ccc(F)cc1F)c1ccc(C)cc1. The van der Waals surface area contributed by atoms with Crippen LogP contribution in [-0.2, 0) is 6.42 Å². The molecule has 0 amide bonds. The second-order valence-corrected chi connectivity index (χ2v) is 4.96. The maximum Gasteiger partial charge on any atom is 0.129 e. The van der Waals surface area contributed by atoms with E-state index in [4.69, 9.17) is 0 Å². The summed E-state index contributed by atoms with van der Waals surface area (Å²) in [7, 11) is 0. The summed E-state index contributed by atoms with van der Waals surface area (Å²) >= 11 is 0. The minimum absolute atomic E-state index is 0.0283. The van der Waals surface area contributed by atoms with Crippen molar-refractivity contribution in [2.24, 2.45) is 0 Å². The van der Waals surface area contributed by atoms with Crippen molar-refractivity contribution in [3.63, 3.8) is 0 Å². The van der Waals surface area contributed by atoms with Gasteiger partial charge < -0.3 is 5.32 Å². The molecule has 1 N–H and O–H groups in total. The van der Waals surface area contributed by atoms with Crippen molar-refractivity contribution in [2.75, 3.05) is 6.54 Å². The number of likely N-dealkylation sites (N-methyl/N-ethyl adjacent to an activating group) is 1. The summed E-state index contributed by atoms with van der Waals surface area (Å²) in [5, 5.41) is 3.35. The van der Waals surface area contributed by atoms with E-state index >= 15 is 0 Å². The average molecular weight is 275 g/mol. The molecular formula is C17H19F2N. The molecule has 0 aliphatic heterocycles. The zero-order valence-corrected chi connectivity index (χ0v) is 11.8. The third kappa shape index (κ3) is 3.64. The van der Waals surface area contributed by atoms with Crippen molar-refractivity contribution in [3.8, 4) is 0 Å². The van der Waals surface area contributed by atoms with Crippen LogP contribution >= 0.6 is 0 Å². The summed E-state index contributed by atoms with van der Waals surface area (Å²) in [4.78, 5) is 0. The number of aryl methyl sites for hydroxylation is 1. The minimum Gasteiger partial charge on any atom is -0.310 e. The number of rotatable bonds is 5. The normalized spacial score (nSPS) is 12.4. The zero-order chi connectivity index (χ0) is 14.5. The second-order valence-electron chi connectivity index (χ2n) is 4.96. The molecule has 2 aromatic rings. The molecule has 0 radical (unpaired) electrons. The Balaban J connectivity index is 2.22. The molecule has 106 valence electrons. The molecule has 0 aliphatic carbocycles. The smallest absolute Gasteiger partial charge is 0.129 e. The molecule has 3 heteroatoms. The Morgan fingerprint density at radius 1 is 1.05 bits per heavy atom. The molecule has 1 atom stereocenters. The Morgan fingerprint density at radius 3 is 2.35 bits per heavy atom. The van der Waals surface area contributed by atoms with Gasteiger partial charge in [-0.2, -0.15) is 0 Å². The first-order chi connectivity index (χ1) is 9.60. The van der Waals surface area contributed by atoms with Crippen molar-refractivity contribution in [3.05, 3.63) is 70.8 Å². The summed E-state index contributed by atoms with van der Waals surface area (Å²) in [6.45, 7) is 4.84. The van der Waals surface area contributed by atoms with Crippen LogP contribution in [0.15, 0.2) is 42.5 Å². The maximum atomic E-state index is 13.8. The molecule has 0 saturated heterocycles. The lowest BCUT2D eigenvalue weighted by Gasteiger charge is -2.19. The first-order valence-electron chi connectivity index (χ1n) is 6.84. The van der Waals surface area contributed by atoms with Gasteiger partial charge in [0.2, 0.25) is 0 Å². The minimum atomic E-state index is -0.540. The number of halogens is 2. The van der Waals surface area contributed by atoms with Gasteiger partial charge >= 0.3 is 0 Å². The molecule has 2 aromatic carbocycles. The third-order valence-electron chi connectivity index (χ3n) is 3.37. The van der Waals surface area contributed by atoms with E-state index in [0.29, 0.717) is 12.0 Å². The molecule has 2 rings (SSSR count). The van der Waals surface area contributed by atoms with Crippen LogP contribution in [0.1, 0.15) is 29.7 Å². The van der Waals surface area contributed by atoms with Gasteiger partial charge in [0.25, 0.3) is 0 Å². The average Bonchev–Trinajstić information content (AvgIpc) is 2.42. The summed E-state index contributed by atoms with van der Waals surface area (Å²) in [5.41, 5.74) is 2.83. The predicted octanol–water partition coefficient (Wildman–Crippen LogP) is 4.17. The molecular weight excluding hydrogens is 256 g/mol. The predicted molar refractivity (Wildman–Crippen MR) is 77.7 cm³/mol. The number of benzene rings is 2. The molecule has 0 aliphatic rings. The molecule has 0 heterocycles. The first-order valence-corrected chi connectivity index (χ1v) is 6.84. The quantitative estimate of drug-likeness (QED) is 0.863. The van der Waals surface area contributed by atoms with Crippen LogP contribution in [0.2, 0.25) is 0 Å². The monoisotopic (exact) mass is 275 g/mol. The fraction of sp³-hybridized carbons (Fsp3) is 0.294. The number of hydrogen-bond donors (Lipinski definition) is 1. The van der Waals surface area contributed by atoms with Crippen LogP contribution in [0, 0.1) is 18.6 Å². The van der Waals surface area contributed by atoms with Crippen molar-refractivity contribution in [1.82, 2.24) is 5.32 Å². The van der Waals surface area contributed by atoms with Crippen molar-refractivity contribution < 1.29 is 8.78 Å². The highest BCUT2D eigenvalue weighted by Crippen LogP contribution is 2.21. The summed E-state index contributed by atoms with van der Waals surface area (Å²) in [6, 6.07) is 12.0. The highest BCUT2D eigenvalue weighted by molar-refractivity contribution is 5.27. The van der Waals surface area contributed by atoms with Gasteiger partial charge in [-0.3, -0.25) is 0 Å². The molecule has 0 bridgehead atoms. The second kappa shape index (κ2) is 6.62. The Labute approximate surface area is 118 Å². The fourth-order valence-electron chi connectivity index (χ4n) is 2.26. The lowest BCUT2D eigenvalue weighted by atomic mass is 9.97. The Bertz CT molecular complexity index is 564. The Kier molecular flexibility index (Phi) is 4.85. The molecule has 0 fully saturated rings. The highest BCUT2D eigenvalue weighted by Gasteiger charge is 2.14. The maximum absolute atomic E-state index is 13.8. The van der Waals surface area contributed by atoms with Gasteiger partial charge in [0.05, 0.1) is 0 Å². The van der Waals surface area contributed by atoms with Gasteiger partial charge in [0, 0.05) is 12.1 Å². The molecule has 20 heavy (non-hydrogen) atoms. The van der Waals surface area contributed by atoms with E-state index in [2.05, 4.69) is 5.32 Å². The highest BCUT2D eigenvalue weighted by atomic mass is 19.1. The first kappa shape index (κ1) is 14.7. The van der Waals surface area contributed by atoms with Gasteiger partial charge in [-0.05, 0) is 37.1 Å². The van der Waals surface area contributed by atoms with Crippen LogP contribution < -0.4 is 5.32 Å². The Morgan fingerprint density at radius 2 is 1.75 bits per heavy atom. The van der Waals surface area contributed by atoms with Gasteiger partial charge in [0.15, 0.2) is 0 Å². The van der Waals surface area contributed by atoms with E-state index in [-0.39, 0.29) is 6.04 Å². The summed E-state index contributed by atoms with van der Waals surface area (Å²) in [6.07, 6.45) is 0.503. The molecule has 0 spiro atoms. The van der Waals surface area contributed by atoms with E-state index in [0.717, 1.165) is 18.2 Å². The summed E-state index contributed by atoms with van der Waals surface area (Å²) in [5.74, 6) is -1.03. The lowest BCUT2D eigenvalue weighted by molar-refractivity contribution is 0.521. The van der Waals surface area contributed by atoms with Gasteiger partial charge in [0.1, 0.15) is 11.6 Å². The van der Waals surface area contributed by atoms with E-state index in [1.54, 1.807) is 0 Å². The Hall–Kier alpha value is -1.74. The van der Waals surface area contributed by atoms with E-state index < -0.39 is 11.6 Å². The topological polar surface area (TPSA) is 12.0 Å². The largest absolute Gasteiger partial charge is 0.310 e. The number of nitrogens with one attached hydrogen (secondary N) is 1. The van der Waals surface area contributed by atoms with E-state index in [1.165, 1.54) is 17.7 Å². The van der Waals surface area contributed by atoms with Crippen LogP contribution in [0.5, 0.6) is 0 Å². The standard InChI is InChI=1S/C17H19F2N/c1-3-20-17(13-6-4-12(2)5-7-13)10-14-8-9-15(18)11-16(14)19/h4-9,11,17,20H,3,10H2,1-2H3. The van der Waals surface area contributed by atoms with E-state index in [9.17, 15) is 8.78 Å². The molecule has 0 saturated carbocycles. The fourth-order valence-corrected chi connectivity index (χ4v) is 2.26. The van der Waals surface area contributed by atoms with Gasteiger partial charge in [-0.15, -0.1) is 0 Å². The zero-order valence-electron chi connectivity index (χ0n) is 11.8. The number of hydrogen-bond acceptors (Lipinski definition) is 1. The van der Waals surface area contributed by atoms with E-state index in [1.807, 2.05) is 38.1 Å². The van der Waals surface area contributed by atoms with Gasteiger partial charge in [-0.25, -0.2) is 8.78 Å². The van der Waals surface area contributed by atoms with Crippen LogP contribution in [-0.4, -0.2) is 6.54 Å². The van der Waals surface area contributed by atoms with Crippen LogP contribution in [0.3, 0.4) is 0 Å². The van der Waals surface area contributed by atoms with Gasteiger partial charge in [-0.1, -0.05) is 42.8 Å². The molecule has 1 nitrogen and oxygen atoms in total. The lowest BCUT2D eigenvalue weighted by Crippen LogP contribution is -2.23. The van der Waals surface area contributed by atoms with Crippen LogP contribution in [0.4, 0.5) is 8.78 Å². The molecule has 1 unspecified atom stereocenters. The van der Waals surface area contributed by atoms with Crippen LogP contribution in [0.25, 0.3) is 0 Å².